The van der Waals surface area contributed by atoms with Gasteiger partial charge in [0.15, 0.2) is 0 Å². The van der Waals surface area contributed by atoms with E-state index in [4.69, 9.17) is 5.73 Å². The van der Waals surface area contributed by atoms with E-state index in [0.717, 1.165) is 0 Å². The van der Waals surface area contributed by atoms with Gasteiger partial charge in [0, 0.05) is 6.04 Å². The molecule has 2 atom stereocenters. The zero-order chi connectivity index (χ0) is 11.1. The molecule has 1 rings (SSSR count). The highest BCUT2D eigenvalue weighted by atomic mass is 28.2. The minimum absolute atomic E-state index is 0.165. The molecule has 2 N–H and O–H groups in total. The largest absolute Gasteiger partial charge is 0.369 e. The molecule has 3 nitrogen and oxygen atoms in total. The van der Waals surface area contributed by atoms with Gasteiger partial charge >= 0.3 is 0 Å². The average molecular weight is 214 g/mol. The van der Waals surface area contributed by atoms with E-state index < -0.39 is 9.68 Å². The zero-order valence-corrected chi connectivity index (χ0v) is 11.3. The summed E-state index contributed by atoms with van der Waals surface area (Å²) in [5.74, 6) is 0.795. The highest BCUT2D eigenvalue weighted by Gasteiger charge is 2.44. The Hall–Kier alpha value is -0.353. The lowest BCUT2D eigenvalue weighted by molar-refractivity contribution is -0.140. The fourth-order valence-corrected chi connectivity index (χ4v) is 3.68. The van der Waals surface area contributed by atoms with Crippen LogP contribution in [0.2, 0.25) is 5.04 Å². The molecule has 0 saturated carbocycles. The first-order valence-corrected chi connectivity index (χ1v) is 6.67. The third-order valence-electron chi connectivity index (χ3n) is 3.72. The van der Waals surface area contributed by atoms with Crippen LogP contribution in [0.25, 0.3) is 0 Å². The second kappa shape index (κ2) is 3.66. The summed E-state index contributed by atoms with van der Waals surface area (Å²) < 4.78 is 2.03. The molecule has 1 fully saturated rings. The number of carbonyl (C=O) groups excluding carboxylic acids is 1. The molecule has 2 unspecified atom stereocenters. The van der Waals surface area contributed by atoms with Crippen LogP contribution in [0.15, 0.2) is 0 Å². The fraction of sp³-hybridized carbons (Fsp3) is 0.900. The summed E-state index contributed by atoms with van der Waals surface area (Å²) in [6.45, 7) is 11.0. The molecule has 0 aromatic rings. The quantitative estimate of drug-likeness (QED) is 0.549. The fourth-order valence-electron chi connectivity index (χ4n) is 1.55. The number of nitrogens with two attached hydrogens (primary N) is 1. The molecule has 1 heterocycles. The number of amides is 1. The monoisotopic (exact) mass is 214 g/mol. The van der Waals surface area contributed by atoms with Crippen molar-refractivity contribution in [3.63, 3.8) is 0 Å². The van der Waals surface area contributed by atoms with Crippen LogP contribution in [0.4, 0.5) is 0 Å². The van der Waals surface area contributed by atoms with Crippen LogP contribution in [0.1, 0.15) is 34.6 Å². The van der Waals surface area contributed by atoms with Gasteiger partial charge in [-0.15, -0.1) is 0 Å². The lowest BCUT2D eigenvalue weighted by atomic mass is 9.99. The molecule has 0 radical (unpaired) electrons. The van der Waals surface area contributed by atoms with Gasteiger partial charge in [-0.05, 0) is 17.9 Å². The Morgan fingerprint density at radius 1 is 1.50 bits per heavy atom. The SMILES string of the molecule is CC1C(N)C(=O)N1[SiH2]C(C)(C)C(C)C. The Balaban J connectivity index is 2.58. The minimum Gasteiger partial charge on any atom is -0.369 e. The van der Waals surface area contributed by atoms with Gasteiger partial charge in [0.25, 0.3) is 0 Å². The minimum atomic E-state index is -0.520. The first-order chi connectivity index (χ1) is 6.27. The van der Waals surface area contributed by atoms with Crippen molar-refractivity contribution >= 4 is 15.6 Å². The van der Waals surface area contributed by atoms with Gasteiger partial charge in [0.05, 0.1) is 0 Å². The summed E-state index contributed by atoms with van der Waals surface area (Å²) >= 11 is 0. The van der Waals surface area contributed by atoms with Crippen molar-refractivity contribution in [2.45, 2.75) is 51.7 Å². The first-order valence-electron chi connectivity index (χ1n) is 5.33. The Labute approximate surface area is 88.9 Å². The maximum absolute atomic E-state index is 11.5. The molecule has 1 aliphatic rings. The van der Waals surface area contributed by atoms with Crippen LogP contribution in [0.3, 0.4) is 0 Å². The Morgan fingerprint density at radius 2 is 2.00 bits per heavy atom. The van der Waals surface area contributed by atoms with E-state index in [9.17, 15) is 4.79 Å². The molecule has 0 aliphatic carbocycles. The Kier molecular flexibility index (Phi) is 3.06. The van der Waals surface area contributed by atoms with E-state index in [1.54, 1.807) is 0 Å². The van der Waals surface area contributed by atoms with Crippen LogP contribution in [0, 0.1) is 5.92 Å². The van der Waals surface area contributed by atoms with Gasteiger partial charge in [-0.2, -0.15) is 0 Å². The van der Waals surface area contributed by atoms with E-state index in [1.807, 2.05) is 4.57 Å². The van der Waals surface area contributed by atoms with E-state index in [1.165, 1.54) is 0 Å². The van der Waals surface area contributed by atoms with E-state index >= 15 is 0 Å². The maximum atomic E-state index is 11.5. The van der Waals surface area contributed by atoms with Crippen molar-refractivity contribution in [2.24, 2.45) is 11.7 Å². The van der Waals surface area contributed by atoms with E-state index in [-0.39, 0.29) is 18.0 Å². The number of hydrogen-bond donors (Lipinski definition) is 1. The highest BCUT2D eigenvalue weighted by Crippen LogP contribution is 2.35. The molecule has 82 valence electrons. The molecule has 1 aliphatic heterocycles. The van der Waals surface area contributed by atoms with Crippen LogP contribution in [-0.4, -0.2) is 32.2 Å². The molecule has 0 bridgehead atoms. The van der Waals surface area contributed by atoms with Gasteiger partial charge in [-0.25, -0.2) is 0 Å². The summed E-state index contributed by atoms with van der Waals surface area (Å²) in [5, 5.41) is 0.310. The first kappa shape index (κ1) is 11.7. The molecule has 1 saturated heterocycles. The van der Waals surface area contributed by atoms with Crippen molar-refractivity contribution in [1.29, 1.82) is 0 Å². The van der Waals surface area contributed by atoms with E-state index in [2.05, 4.69) is 34.6 Å². The normalized spacial score (nSPS) is 29.1. The number of hydrogen-bond acceptors (Lipinski definition) is 2. The molecular weight excluding hydrogens is 192 g/mol. The van der Waals surface area contributed by atoms with Crippen LogP contribution in [0.5, 0.6) is 0 Å². The van der Waals surface area contributed by atoms with Gasteiger partial charge in [-0.3, -0.25) is 4.79 Å². The van der Waals surface area contributed by atoms with Gasteiger partial charge in [0.1, 0.15) is 15.7 Å². The van der Waals surface area contributed by atoms with E-state index in [0.29, 0.717) is 11.0 Å². The van der Waals surface area contributed by atoms with Gasteiger partial charge in [0.2, 0.25) is 5.91 Å². The topological polar surface area (TPSA) is 46.3 Å². The van der Waals surface area contributed by atoms with Crippen LogP contribution < -0.4 is 5.73 Å². The summed E-state index contributed by atoms with van der Waals surface area (Å²) in [4.78, 5) is 11.5. The maximum Gasteiger partial charge on any atom is 0.233 e. The second-order valence-electron chi connectivity index (χ2n) is 5.38. The summed E-state index contributed by atoms with van der Waals surface area (Å²) in [5.41, 5.74) is 5.68. The lowest BCUT2D eigenvalue weighted by Gasteiger charge is -2.48. The van der Waals surface area contributed by atoms with Gasteiger partial charge in [-0.1, -0.05) is 27.7 Å². The third-order valence-corrected chi connectivity index (χ3v) is 6.58. The number of rotatable bonds is 3. The predicted octanol–water partition coefficient (Wildman–Crippen LogP) is 0.483. The summed E-state index contributed by atoms with van der Waals surface area (Å²) in [6.07, 6.45) is 0. The number of nitrogens with zero attached hydrogens (tertiary/aromatic N) is 1. The Morgan fingerprint density at radius 3 is 2.36 bits per heavy atom. The Bertz CT molecular complexity index is 240. The van der Waals surface area contributed by atoms with Crippen LogP contribution >= 0.6 is 0 Å². The van der Waals surface area contributed by atoms with Crippen molar-refractivity contribution < 1.29 is 4.79 Å². The van der Waals surface area contributed by atoms with Crippen molar-refractivity contribution in [2.75, 3.05) is 0 Å². The standard InChI is InChI=1S/C10H22N2OSi/c1-6(2)10(4,5)14-12-7(3)8(11)9(12)13/h6-8H,11,14H2,1-5H3. The number of carbonyl (C=O) groups is 1. The zero-order valence-electron chi connectivity index (χ0n) is 9.87. The molecule has 0 spiro atoms. The summed E-state index contributed by atoms with van der Waals surface area (Å²) in [7, 11) is -0.520. The lowest BCUT2D eigenvalue weighted by Crippen LogP contribution is -2.69. The average Bonchev–Trinajstić information content (AvgIpc) is 2.12. The molecule has 4 heteroatoms. The van der Waals surface area contributed by atoms with Crippen molar-refractivity contribution in [3.05, 3.63) is 0 Å². The highest BCUT2D eigenvalue weighted by molar-refractivity contribution is 6.42. The second-order valence-corrected chi connectivity index (χ2v) is 8.20. The van der Waals surface area contributed by atoms with Gasteiger partial charge < -0.3 is 10.3 Å². The molecule has 0 aromatic carbocycles. The molecule has 0 aromatic heterocycles. The molecule has 1 amide bonds. The molecular formula is C10H22N2OSi. The van der Waals surface area contributed by atoms with Crippen molar-refractivity contribution in [3.8, 4) is 0 Å². The summed E-state index contributed by atoms with van der Waals surface area (Å²) in [6, 6.07) is 0.0395. The molecule has 14 heavy (non-hydrogen) atoms. The third kappa shape index (κ3) is 1.86. The predicted molar refractivity (Wildman–Crippen MR) is 61.7 cm³/mol. The van der Waals surface area contributed by atoms with Crippen LogP contribution in [-0.2, 0) is 4.79 Å². The number of β-lactam (4-membered cyclic amide) rings is 1. The van der Waals surface area contributed by atoms with Crippen molar-refractivity contribution in [1.82, 2.24) is 4.57 Å². The smallest absolute Gasteiger partial charge is 0.233 e.